The summed E-state index contributed by atoms with van der Waals surface area (Å²) in [6, 6.07) is 9.35. The van der Waals surface area contributed by atoms with E-state index in [4.69, 9.17) is 14.2 Å². The number of esters is 1. The highest BCUT2D eigenvalue weighted by molar-refractivity contribution is 5.97. The normalized spacial score (nSPS) is 14.2. The Morgan fingerprint density at radius 2 is 1.94 bits per heavy atom. The Morgan fingerprint density at radius 3 is 2.64 bits per heavy atom. The van der Waals surface area contributed by atoms with Gasteiger partial charge >= 0.3 is 18.0 Å². The monoisotopic (exact) mass is 454 g/mol. The van der Waals surface area contributed by atoms with Crippen LogP contribution >= 0.6 is 0 Å². The van der Waals surface area contributed by atoms with Crippen molar-refractivity contribution in [2.24, 2.45) is 4.99 Å². The number of ether oxygens (including phenoxy) is 3. The van der Waals surface area contributed by atoms with Gasteiger partial charge in [-0.2, -0.15) is 0 Å². The summed E-state index contributed by atoms with van der Waals surface area (Å²) in [6.07, 6.45) is 0.412. The van der Waals surface area contributed by atoms with E-state index < -0.39 is 23.6 Å². The van der Waals surface area contributed by atoms with Crippen molar-refractivity contribution >= 4 is 29.6 Å². The van der Waals surface area contributed by atoms with Crippen LogP contribution in [0, 0.1) is 0 Å². The van der Waals surface area contributed by atoms with Crippen molar-refractivity contribution in [2.45, 2.75) is 46.1 Å². The molecule has 174 valence electrons. The van der Waals surface area contributed by atoms with Crippen LogP contribution in [0.25, 0.3) is 0 Å². The number of aliphatic imine (C=N–C) groups is 1. The molecule has 1 aliphatic heterocycles. The molecule has 0 aliphatic carbocycles. The molecule has 2 N–H and O–H groups in total. The van der Waals surface area contributed by atoms with Gasteiger partial charge in [0.05, 0.1) is 17.9 Å². The van der Waals surface area contributed by atoms with E-state index in [1.165, 1.54) is 18.2 Å². The number of aromatic carboxylic acids is 1. The minimum Gasteiger partial charge on any atom is -0.489 e. The Kier molecular flexibility index (Phi) is 7.01. The van der Waals surface area contributed by atoms with Crippen LogP contribution in [0.3, 0.4) is 0 Å². The molecular formula is C24H26N2O7. The van der Waals surface area contributed by atoms with Crippen LogP contribution in [0.5, 0.6) is 11.5 Å². The van der Waals surface area contributed by atoms with E-state index in [2.05, 4.69) is 10.3 Å². The maximum Gasteiger partial charge on any atom is 0.413 e. The summed E-state index contributed by atoms with van der Waals surface area (Å²) in [6.45, 7) is 7.17. The number of nitrogens with zero attached hydrogens (tertiary/aromatic N) is 1. The first kappa shape index (κ1) is 23.8. The molecule has 9 nitrogen and oxygen atoms in total. The maximum atomic E-state index is 12.8. The number of carbonyl (C=O) groups is 3. The van der Waals surface area contributed by atoms with Gasteiger partial charge in [0.25, 0.3) is 0 Å². The Balaban J connectivity index is 1.85. The molecule has 0 bridgehead atoms. The van der Waals surface area contributed by atoms with E-state index >= 15 is 0 Å². The van der Waals surface area contributed by atoms with Gasteiger partial charge in [0.15, 0.2) is 11.5 Å². The lowest BCUT2D eigenvalue weighted by molar-refractivity contribution is 0.0561. The lowest BCUT2D eigenvalue weighted by Gasteiger charge is -2.19. The number of aryl methyl sites for hydroxylation is 1. The number of carboxylic acid groups (broad SMARTS) is 1. The van der Waals surface area contributed by atoms with Crippen molar-refractivity contribution in [3.63, 3.8) is 0 Å². The molecular weight excluding hydrogens is 428 g/mol. The van der Waals surface area contributed by atoms with Crippen LogP contribution in [-0.2, 0) is 11.2 Å². The number of hydrogen-bond acceptors (Lipinski definition) is 7. The van der Waals surface area contributed by atoms with E-state index in [9.17, 15) is 19.5 Å². The summed E-state index contributed by atoms with van der Waals surface area (Å²) >= 11 is 0. The summed E-state index contributed by atoms with van der Waals surface area (Å²) in [5.74, 6) is -1.37. The third-order valence-corrected chi connectivity index (χ3v) is 4.54. The minimum atomic E-state index is -1.17. The molecule has 0 radical (unpaired) electrons. The third-order valence-electron chi connectivity index (χ3n) is 4.54. The van der Waals surface area contributed by atoms with Gasteiger partial charge < -0.3 is 19.3 Å². The smallest absolute Gasteiger partial charge is 0.413 e. The Morgan fingerprint density at radius 1 is 1.18 bits per heavy atom. The number of rotatable bonds is 2. The molecule has 0 unspecified atom stereocenters. The summed E-state index contributed by atoms with van der Waals surface area (Å²) in [5, 5.41) is 12.0. The standard InChI is InChI=1S/C24H26N2O7/c1-14(26-23(30)33-24(2,3)4)25-16-10-11-17-15(13-16)7-6-12-31-20-18(21(27)28)8-5-9-19(20)32-22(17)29/h5,8-11,13H,6-7,12H2,1-4H3,(H,27,28)(H,25,26,30). The van der Waals surface area contributed by atoms with E-state index in [0.717, 1.165) is 0 Å². The molecule has 1 aliphatic rings. The number of nitrogens with one attached hydrogen (secondary N) is 1. The number of carbonyl (C=O) groups excluding carboxylic acids is 2. The van der Waals surface area contributed by atoms with Crippen molar-refractivity contribution in [1.29, 1.82) is 0 Å². The van der Waals surface area contributed by atoms with E-state index in [-0.39, 0.29) is 23.7 Å². The molecule has 3 rings (SSSR count). The van der Waals surface area contributed by atoms with E-state index in [0.29, 0.717) is 35.5 Å². The Labute approximate surface area is 191 Å². The van der Waals surface area contributed by atoms with Gasteiger partial charge in [0.1, 0.15) is 17.0 Å². The van der Waals surface area contributed by atoms with Crippen molar-refractivity contribution in [3.8, 4) is 11.5 Å². The van der Waals surface area contributed by atoms with Crippen molar-refractivity contribution in [1.82, 2.24) is 5.32 Å². The largest absolute Gasteiger partial charge is 0.489 e. The molecule has 2 aromatic rings. The molecule has 0 fully saturated rings. The number of amides is 1. The first-order valence-electron chi connectivity index (χ1n) is 10.4. The van der Waals surface area contributed by atoms with Gasteiger partial charge in [-0.3, -0.25) is 5.32 Å². The summed E-state index contributed by atoms with van der Waals surface area (Å²) in [7, 11) is 0. The fraction of sp³-hybridized carbons (Fsp3) is 0.333. The number of alkyl carbamates (subject to hydrolysis) is 1. The summed E-state index contributed by atoms with van der Waals surface area (Å²) in [4.78, 5) is 40.7. The molecule has 0 spiro atoms. The van der Waals surface area contributed by atoms with E-state index in [1.807, 2.05) is 0 Å². The maximum absolute atomic E-state index is 12.8. The zero-order chi connectivity index (χ0) is 24.2. The lowest BCUT2D eigenvalue weighted by Crippen LogP contribution is -2.35. The fourth-order valence-electron chi connectivity index (χ4n) is 3.23. The highest BCUT2D eigenvalue weighted by Crippen LogP contribution is 2.33. The topological polar surface area (TPSA) is 124 Å². The van der Waals surface area contributed by atoms with Gasteiger partial charge in [-0.25, -0.2) is 19.4 Å². The second-order valence-corrected chi connectivity index (χ2v) is 8.45. The van der Waals surface area contributed by atoms with Crippen LogP contribution in [0.2, 0.25) is 0 Å². The zero-order valence-corrected chi connectivity index (χ0v) is 18.9. The molecule has 0 aromatic heterocycles. The second-order valence-electron chi connectivity index (χ2n) is 8.45. The molecule has 0 saturated heterocycles. The number of fused-ring (bicyclic) bond motifs is 2. The van der Waals surface area contributed by atoms with Gasteiger partial charge in [0, 0.05) is 0 Å². The number of amidine groups is 1. The Hall–Kier alpha value is -3.88. The first-order chi connectivity index (χ1) is 15.5. The van der Waals surface area contributed by atoms with Crippen LogP contribution in [0.1, 0.15) is 60.4 Å². The average Bonchev–Trinajstić information content (AvgIpc) is 2.70. The van der Waals surface area contributed by atoms with Gasteiger partial charge in [-0.05, 0) is 76.4 Å². The van der Waals surface area contributed by atoms with Gasteiger partial charge in [-0.15, -0.1) is 0 Å². The van der Waals surface area contributed by atoms with Crippen molar-refractivity contribution in [3.05, 3.63) is 53.1 Å². The number of hydrogen-bond donors (Lipinski definition) is 2. The van der Waals surface area contributed by atoms with E-state index in [1.54, 1.807) is 45.9 Å². The predicted molar refractivity (Wildman–Crippen MR) is 121 cm³/mol. The van der Waals surface area contributed by atoms with Crippen molar-refractivity contribution < 1.29 is 33.7 Å². The highest BCUT2D eigenvalue weighted by atomic mass is 16.6. The third kappa shape index (κ3) is 6.31. The molecule has 0 atom stereocenters. The quantitative estimate of drug-likeness (QED) is 0.296. The first-order valence-corrected chi connectivity index (χ1v) is 10.4. The van der Waals surface area contributed by atoms with Gasteiger partial charge in [0.2, 0.25) is 0 Å². The van der Waals surface area contributed by atoms with Crippen LogP contribution in [0.4, 0.5) is 10.5 Å². The van der Waals surface area contributed by atoms with Crippen LogP contribution in [0.15, 0.2) is 41.4 Å². The molecule has 2 aromatic carbocycles. The number of para-hydroxylation sites is 1. The van der Waals surface area contributed by atoms with Crippen LogP contribution in [-0.4, -0.2) is 41.2 Å². The fourth-order valence-corrected chi connectivity index (χ4v) is 3.23. The Bertz CT molecular complexity index is 1120. The molecule has 33 heavy (non-hydrogen) atoms. The molecule has 1 amide bonds. The van der Waals surface area contributed by atoms with Gasteiger partial charge in [-0.1, -0.05) is 6.07 Å². The minimum absolute atomic E-state index is 0.0341. The summed E-state index contributed by atoms with van der Waals surface area (Å²) in [5.41, 5.74) is 0.893. The molecule has 0 saturated carbocycles. The molecule has 9 heteroatoms. The second kappa shape index (κ2) is 9.72. The lowest BCUT2D eigenvalue weighted by atomic mass is 10.0. The summed E-state index contributed by atoms with van der Waals surface area (Å²) < 4.78 is 16.3. The molecule has 1 heterocycles. The number of carboxylic acids is 1. The number of benzene rings is 2. The highest BCUT2D eigenvalue weighted by Gasteiger charge is 2.23. The SMILES string of the molecule is CC(=Nc1ccc2c(c1)CCCOc1c(cccc1C(=O)O)OC2=O)NC(=O)OC(C)(C)C. The van der Waals surface area contributed by atoms with Crippen LogP contribution < -0.4 is 14.8 Å². The zero-order valence-electron chi connectivity index (χ0n) is 18.9. The average molecular weight is 454 g/mol. The predicted octanol–water partition coefficient (Wildman–Crippen LogP) is 4.50. The van der Waals surface area contributed by atoms with Crippen molar-refractivity contribution in [2.75, 3.05) is 6.61 Å².